The molecule has 2 nitrogen and oxygen atoms in total. The van der Waals surface area contributed by atoms with Gasteiger partial charge in [0.15, 0.2) is 0 Å². The molecule has 27 heavy (non-hydrogen) atoms. The molecule has 0 atom stereocenters. The van der Waals surface area contributed by atoms with E-state index in [0.29, 0.717) is 6.42 Å². The van der Waals surface area contributed by atoms with Crippen LogP contribution in [0.3, 0.4) is 0 Å². The molecule has 4 rings (SSSR count). The molecule has 132 valence electrons. The smallest absolute Gasteiger partial charge is 0.139 e. The molecular formula is C25H20O2. The first-order valence-electron chi connectivity index (χ1n) is 8.95. The monoisotopic (exact) mass is 352 g/mol. The van der Waals surface area contributed by atoms with Crippen molar-refractivity contribution in [2.24, 2.45) is 0 Å². The maximum atomic E-state index is 6.17. The van der Waals surface area contributed by atoms with E-state index < -0.39 is 0 Å². The van der Waals surface area contributed by atoms with Crippen LogP contribution >= 0.6 is 0 Å². The third kappa shape index (κ3) is 3.59. The van der Waals surface area contributed by atoms with Gasteiger partial charge in [-0.05, 0) is 49.4 Å². The van der Waals surface area contributed by atoms with E-state index in [1.54, 1.807) is 7.11 Å². The number of hydrogen-bond acceptors (Lipinski definition) is 2. The molecule has 1 heterocycles. The minimum absolute atomic E-state index is 0.631. The van der Waals surface area contributed by atoms with Crippen LogP contribution in [0.5, 0.6) is 5.75 Å². The van der Waals surface area contributed by atoms with Crippen LogP contribution in [0.1, 0.15) is 16.7 Å². The summed E-state index contributed by atoms with van der Waals surface area (Å²) in [4.78, 5) is 0. The topological polar surface area (TPSA) is 22.4 Å². The van der Waals surface area contributed by atoms with E-state index in [2.05, 4.69) is 49.1 Å². The SMILES string of the molecule is COc1ccc(-c2oc3ccccc3c2CC#Cc2ccc(C)cc2)cc1. The number of fused-ring (bicyclic) bond motifs is 1. The Kier molecular flexibility index (Phi) is 4.68. The lowest BCUT2D eigenvalue weighted by Crippen LogP contribution is -1.86. The number of ether oxygens (including phenoxy) is 1. The molecule has 0 aliphatic carbocycles. The van der Waals surface area contributed by atoms with E-state index >= 15 is 0 Å². The van der Waals surface area contributed by atoms with Gasteiger partial charge in [0.1, 0.15) is 17.1 Å². The second-order valence-corrected chi connectivity index (χ2v) is 6.48. The minimum atomic E-state index is 0.631. The lowest BCUT2D eigenvalue weighted by molar-refractivity contribution is 0.415. The second-order valence-electron chi connectivity index (χ2n) is 6.48. The maximum absolute atomic E-state index is 6.17. The summed E-state index contributed by atoms with van der Waals surface area (Å²) in [5.41, 5.74) is 5.30. The predicted octanol–water partition coefficient (Wildman–Crippen LogP) is 6.01. The Labute approximate surface area is 159 Å². The number of benzene rings is 3. The Morgan fingerprint density at radius 1 is 0.889 bits per heavy atom. The molecule has 0 N–H and O–H groups in total. The Morgan fingerprint density at radius 2 is 1.63 bits per heavy atom. The van der Waals surface area contributed by atoms with Crippen LogP contribution in [0.25, 0.3) is 22.3 Å². The van der Waals surface area contributed by atoms with Gasteiger partial charge in [-0.25, -0.2) is 0 Å². The van der Waals surface area contributed by atoms with Gasteiger partial charge in [-0.2, -0.15) is 0 Å². The van der Waals surface area contributed by atoms with Gasteiger partial charge in [0.05, 0.1) is 7.11 Å². The summed E-state index contributed by atoms with van der Waals surface area (Å²) in [5.74, 6) is 8.28. The van der Waals surface area contributed by atoms with Gasteiger partial charge in [-0.1, -0.05) is 47.7 Å². The molecule has 0 radical (unpaired) electrons. The molecule has 0 unspecified atom stereocenters. The van der Waals surface area contributed by atoms with Crippen LogP contribution in [0.2, 0.25) is 0 Å². The fourth-order valence-electron chi connectivity index (χ4n) is 3.12. The fraction of sp³-hybridized carbons (Fsp3) is 0.120. The molecule has 3 aromatic carbocycles. The van der Waals surface area contributed by atoms with Crippen LogP contribution < -0.4 is 4.74 Å². The van der Waals surface area contributed by atoms with Gasteiger partial charge in [0.2, 0.25) is 0 Å². The Hall–Kier alpha value is -3.44. The quantitative estimate of drug-likeness (QED) is 0.421. The fourth-order valence-corrected chi connectivity index (χ4v) is 3.12. The highest BCUT2D eigenvalue weighted by Gasteiger charge is 2.14. The van der Waals surface area contributed by atoms with Crippen molar-refractivity contribution in [1.82, 2.24) is 0 Å². The zero-order valence-electron chi connectivity index (χ0n) is 15.5. The maximum Gasteiger partial charge on any atom is 0.139 e. The Bertz CT molecular complexity index is 1120. The summed E-state index contributed by atoms with van der Waals surface area (Å²) in [6, 6.07) is 24.3. The van der Waals surface area contributed by atoms with Gasteiger partial charge < -0.3 is 9.15 Å². The van der Waals surface area contributed by atoms with Crippen molar-refractivity contribution in [3.8, 4) is 28.9 Å². The average Bonchev–Trinajstić information content (AvgIpc) is 3.08. The van der Waals surface area contributed by atoms with Crippen molar-refractivity contribution in [3.63, 3.8) is 0 Å². The van der Waals surface area contributed by atoms with Crippen molar-refractivity contribution >= 4 is 11.0 Å². The first kappa shape index (κ1) is 17.0. The molecule has 1 aromatic heterocycles. The molecule has 0 saturated carbocycles. The summed E-state index contributed by atoms with van der Waals surface area (Å²) in [7, 11) is 1.67. The van der Waals surface area contributed by atoms with E-state index in [0.717, 1.165) is 39.2 Å². The third-order valence-electron chi connectivity index (χ3n) is 4.60. The predicted molar refractivity (Wildman–Crippen MR) is 110 cm³/mol. The molecular weight excluding hydrogens is 332 g/mol. The third-order valence-corrected chi connectivity index (χ3v) is 4.60. The van der Waals surface area contributed by atoms with Crippen LogP contribution in [0.4, 0.5) is 0 Å². The summed E-state index contributed by atoms with van der Waals surface area (Å²) >= 11 is 0. The van der Waals surface area contributed by atoms with Crippen molar-refractivity contribution in [2.45, 2.75) is 13.3 Å². The highest BCUT2D eigenvalue weighted by Crippen LogP contribution is 2.34. The minimum Gasteiger partial charge on any atom is -0.497 e. The van der Waals surface area contributed by atoms with E-state index in [4.69, 9.17) is 9.15 Å². The summed E-state index contributed by atoms with van der Waals surface area (Å²) in [5, 5.41) is 1.11. The number of hydrogen-bond donors (Lipinski definition) is 0. The largest absolute Gasteiger partial charge is 0.497 e. The molecule has 0 fully saturated rings. The average molecular weight is 352 g/mol. The first-order chi connectivity index (χ1) is 13.2. The highest BCUT2D eigenvalue weighted by molar-refractivity contribution is 5.88. The molecule has 0 saturated heterocycles. The van der Waals surface area contributed by atoms with E-state index in [-0.39, 0.29) is 0 Å². The van der Waals surface area contributed by atoms with Crippen LogP contribution in [-0.2, 0) is 6.42 Å². The zero-order chi connectivity index (χ0) is 18.6. The van der Waals surface area contributed by atoms with Crippen molar-refractivity contribution in [1.29, 1.82) is 0 Å². The molecule has 0 amide bonds. The number of aryl methyl sites for hydroxylation is 1. The Balaban J connectivity index is 1.73. The second kappa shape index (κ2) is 7.43. The lowest BCUT2D eigenvalue weighted by Gasteiger charge is -2.03. The van der Waals surface area contributed by atoms with Crippen LogP contribution in [0.15, 0.2) is 77.2 Å². The number of methoxy groups -OCH3 is 1. The number of para-hydroxylation sites is 1. The molecule has 0 spiro atoms. The lowest BCUT2D eigenvalue weighted by atomic mass is 10.0. The first-order valence-corrected chi connectivity index (χ1v) is 8.95. The van der Waals surface area contributed by atoms with Gasteiger partial charge in [0.25, 0.3) is 0 Å². The number of rotatable bonds is 3. The van der Waals surface area contributed by atoms with E-state index in [1.807, 2.05) is 42.5 Å². The molecule has 0 bridgehead atoms. The highest BCUT2D eigenvalue weighted by atomic mass is 16.5. The van der Waals surface area contributed by atoms with Crippen LogP contribution in [-0.4, -0.2) is 7.11 Å². The molecule has 4 aromatic rings. The molecule has 2 heteroatoms. The van der Waals surface area contributed by atoms with Gasteiger partial charge in [-0.15, -0.1) is 0 Å². The normalized spacial score (nSPS) is 10.4. The van der Waals surface area contributed by atoms with Gasteiger partial charge >= 0.3 is 0 Å². The van der Waals surface area contributed by atoms with Crippen molar-refractivity contribution in [3.05, 3.63) is 89.5 Å². The zero-order valence-corrected chi connectivity index (χ0v) is 15.5. The molecule has 0 aliphatic heterocycles. The summed E-state index contributed by atoms with van der Waals surface area (Å²) in [6.07, 6.45) is 0.631. The Morgan fingerprint density at radius 3 is 2.37 bits per heavy atom. The standard InChI is InChI=1S/C25H20O2/c1-18-10-12-19(13-11-18)6-5-8-23-22-7-3-4-9-24(22)27-25(23)20-14-16-21(26-2)17-15-20/h3-4,7,9-17H,8H2,1-2H3. The van der Waals surface area contributed by atoms with Crippen LogP contribution in [0, 0.1) is 18.8 Å². The van der Waals surface area contributed by atoms with Gasteiger partial charge in [-0.3, -0.25) is 0 Å². The van der Waals surface area contributed by atoms with Gasteiger partial charge in [0, 0.05) is 28.5 Å². The van der Waals surface area contributed by atoms with E-state index in [9.17, 15) is 0 Å². The molecule has 0 aliphatic rings. The van der Waals surface area contributed by atoms with E-state index in [1.165, 1.54) is 5.56 Å². The number of furan rings is 1. The van der Waals surface area contributed by atoms with Crippen molar-refractivity contribution in [2.75, 3.05) is 7.11 Å². The summed E-state index contributed by atoms with van der Waals surface area (Å²) < 4.78 is 11.4. The van der Waals surface area contributed by atoms with Crippen molar-refractivity contribution < 1.29 is 9.15 Å². The summed E-state index contributed by atoms with van der Waals surface area (Å²) in [6.45, 7) is 2.08.